The van der Waals surface area contributed by atoms with Gasteiger partial charge in [0.05, 0.1) is 0 Å². The molecule has 0 atom stereocenters. The van der Waals surface area contributed by atoms with Crippen LogP contribution in [0.3, 0.4) is 0 Å². The molecule has 5 rings (SSSR count). The molecule has 0 amide bonds. The van der Waals surface area contributed by atoms with Gasteiger partial charge in [0.1, 0.15) is 16.4 Å². The van der Waals surface area contributed by atoms with Gasteiger partial charge >= 0.3 is 0 Å². The van der Waals surface area contributed by atoms with Crippen LogP contribution in [0.5, 0.6) is 0 Å². The van der Waals surface area contributed by atoms with Crippen molar-refractivity contribution in [2.24, 2.45) is 14.1 Å². The Balaban J connectivity index is 1.59. The van der Waals surface area contributed by atoms with Gasteiger partial charge < -0.3 is 9.09 Å². The molecule has 0 N–H and O–H groups in total. The maximum absolute atomic E-state index is 6.06. The number of halogens is 1. The van der Waals surface area contributed by atoms with E-state index in [1.165, 1.54) is 6.39 Å². The standard InChI is InChI=1S/C22H17ClN6OS/c1-28-12-11-18(26-28)21-25-19(14-3-5-15(6-4-14)20-24-13-30-27-20)22(29(21)2)31-17-9-7-16(23)8-10-17/h3-13H,1-2H3. The fourth-order valence-corrected chi connectivity index (χ4v) is 4.35. The first-order valence-electron chi connectivity index (χ1n) is 9.46. The van der Waals surface area contributed by atoms with Gasteiger partial charge in [-0.15, -0.1) is 0 Å². The van der Waals surface area contributed by atoms with Crippen molar-refractivity contribution in [2.45, 2.75) is 9.92 Å². The number of hydrogen-bond acceptors (Lipinski definition) is 6. The van der Waals surface area contributed by atoms with Gasteiger partial charge in [-0.2, -0.15) is 10.1 Å². The maximum atomic E-state index is 6.06. The second-order valence-corrected chi connectivity index (χ2v) is 8.41. The van der Waals surface area contributed by atoms with Crippen LogP contribution in [0, 0.1) is 0 Å². The van der Waals surface area contributed by atoms with Crippen molar-refractivity contribution in [3.63, 3.8) is 0 Å². The van der Waals surface area contributed by atoms with E-state index in [9.17, 15) is 0 Å². The fraction of sp³-hybridized carbons (Fsp3) is 0.0909. The van der Waals surface area contributed by atoms with Crippen LogP contribution in [0.15, 0.2) is 81.6 Å². The smallest absolute Gasteiger partial charge is 0.214 e. The van der Waals surface area contributed by atoms with E-state index in [2.05, 4.69) is 19.8 Å². The van der Waals surface area contributed by atoms with Crippen molar-refractivity contribution in [3.8, 4) is 34.2 Å². The Morgan fingerprint density at radius 2 is 1.68 bits per heavy atom. The molecular weight excluding hydrogens is 432 g/mol. The highest BCUT2D eigenvalue weighted by atomic mass is 35.5. The first kappa shape index (κ1) is 19.6. The molecule has 0 bridgehead atoms. The van der Waals surface area contributed by atoms with Crippen molar-refractivity contribution >= 4 is 23.4 Å². The lowest BCUT2D eigenvalue weighted by atomic mass is 10.1. The summed E-state index contributed by atoms with van der Waals surface area (Å²) in [7, 11) is 3.90. The number of imidazole rings is 1. The van der Waals surface area contributed by atoms with Gasteiger partial charge in [0.2, 0.25) is 12.2 Å². The van der Waals surface area contributed by atoms with Crippen LogP contribution in [0.4, 0.5) is 0 Å². The fourth-order valence-electron chi connectivity index (χ4n) is 3.24. The van der Waals surface area contributed by atoms with Crippen LogP contribution in [0.1, 0.15) is 0 Å². The molecule has 0 aliphatic rings. The predicted octanol–water partition coefficient (Wildman–Crippen LogP) is 5.34. The first-order chi connectivity index (χ1) is 15.1. The zero-order valence-electron chi connectivity index (χ0n) is 16.7. The topological polar surface area (TPSA) is 74.6 Å². The molecule has 0 saturated carbocycles. The summed E-state index contributed by atoms with van der Waals surface area (Å²) < 4.78 is 8.70. The molecule has 0 radical (unpaired) electrons. The average Bonchev–Trinajstić information content (AvgIpc) is 3.52. The molecule has 0 aliphatic carbocycles. The van der Waals surface area contributed by atoms with Crippen LogP contribution >= 0.6 is 23.4 Å². The zero-order chi connectivity index (χ0) is 21.4. The van der Waals surface area contributed by atoms with Crippen molar-refractivity contribution in [3.05, 3.63) is 72.2 Å². The minimum atomic E-state index is 0.553. The van der Waals surface area contributed by atoms with Gasteiger partial charge in [0.15, 0.2) is 5.82 Å². The number of nitrogens with zero attached hydrogens (tertiary/aromatic N) is 6. The lowest BCUT2D eigenvalue weighted by Gasteiger charge is -2.07. The molecule has 0 saturated heterocycles. The van der Waals surface area contributed by atoms with Crippen molar-refractivity contribution < 1.29 is 4.52 Å². The van der Waals surface area contributed by atoms with E-state index in [-0.39, 0.29) is 0 Å². The maximum Gasteiger partial charge on any atom is 0.214 e. The molecule has 7 nitrogen and oxygen atoms in total. The molecular formula is C22H17ClN6OS. The Morgan fingerprint density at radius 1 is 0.935 bits per heavy atom. The average molecular weight is 449 g/mol. The van der Waals surface area contributed by atoms with Gasteiger partial charge in [-0.1, -0.05) is 52.8 Å². The van der Waals surface area contributed by atoms with Crippen LogP contribution in [0.25, 0.3) is 34.2 Å². The Kier molecular flexibility index (Phi) is 5.09. The molecule has 9 heteroatoms. The number of hydrogen-bond donors (Lipinski definition) is 0. The lowest BCUT2D eigenvalue weighted by molar-refractivity contribution is 0.419. The molecule has 154 valence electrons. The minimum Gasteiger partial charge on any atom is -0.342 e. The summed E-state index contributed by atoms with van der Waals surface area (Å²) >= 11 is 7.70. The largest absolute Gasteiger partial charge is 0.342 e. The van der Waals surface area contributed by atoms with Gasteiger partial charge in [-0.05, 0) is 30.3 Å². The number of rotatable bonds is 5. The lowest BCUT2D eigenvalue weighted by Crippen LogP contribution is -1.96. The van der Waals surface area contributed by atoms with Gasteiger partial charge in [0, 0.05) is 41.3 Å². The Bertz CT molecular complexity index is 1320. The normalized spacial score (nSPS) is 11.2. The molecule has 5 aromatic rings. The third-order valence-electron chi connectivity index (χ3n) is 4.79. The van der Waals surface area contributed by atoms with E-state index < -0.39 is 0 Å². The van der Waals surface area contributed by atoms with E-state index >= 15 is 0 Å². The Hall–Kier alpha value is -3.36. The third kappa shape index (κ3) is 3.87. The number of benzene rings is 2. The summed E-state index contributed by atoms with van der Waals surface area (Å²) in [5.74, 6) is 1.35. The number of aromatic nitrogens is 6. The molecule has 0 spiro atoms. The molecule has 3 aromatic heterocycles. The minimum absolute atomic E-state index is 0.553. The number of aryl methyl sites for hydroxylation is 1. The zero-order valence-corrected chi connectivity index (χ0v) is 18.3. The molecule has 2 aromatic carbocycles. The van der Waals surface area contributed by atoms with E-state index in [1.54, 1.807) is 16.4 Å². The Labute approximate surface area is 187 Å². The SMILES string of the molecule is Cn1ccc(-c2nc(-c3ccc(-c4ncon4)cc3)c(Sc3ccc(Cl)cc3)n2C)n1. The summed E-state index contributed by atoms with van der Waals surface area (Å²) in [6.45, 7) is 0. The molecule has 31 heavy (non-hydrogen) atoms. The summed E-state index contributed by atoms with van der Waals surface area (Å²) in [4.78, 5) is 10.1. The highest BCUT2D eigenvalue weighted by Gasteiger charge is 2.20. The van der Waals surface area contributed by atoms with E-state index in [0.717, 1.165) is 38.3 Å². The quantitative estimate of drug-likeness (QED) is 0.361. The van der Waals surface area contributed by atoms with Gasteiger partial charge in [-0.25, -0.2) is 4.98 Å². The summed E-state index contributed by atoms with van der Waals surface area (Å²) in [6, 6.07) is 17.7. The second-order valence-electron chi connectivity index (χ2n) is 6.91. The summed E-state index contributed by atoms with van der Waals surface area (Å²) in [5, 5.41) is 10.2. The highest BCUT2D eigenvalue weighted by Crippen LogP contribution is 2.38. The molecule has 0 fully saturated rings. The molecule has 3 heterocycles. The molecule has 0 unspecified atom stereocenters. The van der Waals surface area contributed by atoms with E-state index in [0.29, 0.717) is 10.8 Å². The van der Waals surface area contributed by atoms with Gasteiger partial charge in [0.25, 0.3) is 0 Å². The highest BCUT2D eigenvalue weighted by molar-refractivity contribution is 7.99. The molecule has 0 aliphatic heterocycles. The van der Waals surface area contributed by atoms with Crippen LogP contribution in [-0.4, -0.2) is 29.5 Å². The van der Waals surface area contributed by atoms with Crippen molar-refractivity contribution in [1.82, 2.24) is 29.5 Å². The van der Waals surface area contributed by atoms with Crippen molar-refractivity contribution in [2.75, 3.05) is 0 Å². The van der Waals surface area contributed by atoms with Crippen LogP contribution in [0.2, 0.25) is 5.02 Å². The van der Waals surface area contributed by atoms with E-state index in [1.807, 2.05) is 74.9 Å². The Morgan fingerprint density at radius 3 is 2.32 bits per heavy atom. The summed E-state index contributed by atoms with van der Waals surface area (Å²) in [5.41, 5.74) is 3.56. The van der Waals surface area contributed by atoms with Gasteiger partial charge in [-0.3, -0.25) is 4.68 Å². The third-order valence-corrected chi connectivity index (χ3v) is 6.21. The van der Waals surface area contributed by atoms with E-state index in [4.69, 9.17) is 21.1 Å². The van der Waals surface area contributed by atoms with Crippen LogP contribution < -0.4 is 0 Å². The second kappa shape index (κ2) is 8.05. The summed E-state index contributed by atoms with van der Waals surface area (Å²) in [6.07, 6.45) is 3.23. The van der Waals surface area contributed by atoms with Crippen molar-refractivity contribution in [1.29, 1.82) is 0 Å². The van der Waals surface area contributed by atoms with Crippen LogP contribution in [-0.2, 0) is 14.1 Å². The monoisotopic (exact) mass is 448 g/mol. The predicted molar refractivity (Wildman–Crippen MR) is 120 cm³/mol. The first-order valence-corrected chi connectivity index (χ1v) is 10.7.